The van der Waals surface area contributed by atoms with Gasteiger partial charge < -0.3 is 5.32 Å². The van der Waals surface area contributed by atoms with Gasteiger partial charge in [0.1, 0.15) is 5.82 Å². The fraction of sp³-hybridized carbons (Fsp3) is 0.833. The zero-order chi connectivity index (χ0) is 10.8. The minimum Gasteiger partial charge on any atom is -0.314 e. The molecule has 1 aromatic heterocycles. The third kappa shape index (κ3) is 2.43. The molecule has 0 atom stereocenters. The van der Waals surface area contributed by atoms with Gasteiger partial charge in [0.25, 0.3) is 0 Å². The molecule has 16 heavy (non-hydrogen) atoms. The van der Waals surface area contributed by atoms with Crippen LogP contribution in [0.4, 0.5) is 0 Å². The van der Waals surface area contributed by atoms with Crippen LogP contribution in [-0.2, 0) is 6.42 Å². The largest absolute Gasteiger partial charge is 0.314 e. The van der Waals surface area contributed by atoms with E-state index in [1.54, 1.807) is 0 Å². The zero-order valence-corrected chi connectivity index (χ0v) is 9.71. The summed E-state index contributed by atoms with van der Waals surface area (Å²) in [4.78, 5) is 4.60. The van der Waals surface area contributed by atoms with E-state index in [0.717, 1.165) is 30.7 Å². The molecule has 0 unspecified atom stereocenters. The van der Waals surface area contributed by atoms with Crippen LogP contribution in [0, 0.1) is 0 Å². The van der Waals surface area contributed by atoms with Crippen molar-refractivity contribution in [3.05, 3.63) is 11.6 Å². The van der Waals surface area contributed by atoms with Crippen LogP contribution in [0.3, 0.4) is 0 Å². The monoisotopic (exact) mass is 220 g/mol. The zero-order valence-electron chi connectivity index (χ0n) is 9.71. The molecule has 4 nitrogen and oxygen atoms in total. The summed E-state index contributed by atoms with van der Waals surface area (Å²) >= 11 is 0. The molecule has 3 rings (SSSR count). The minimum absolute atomic E-state index is 0.626. The average Bonchev–Trinajstić information content (AvgIpc) is 2.83. The number of nitrogens with zero attached hydrogens (tertiary/aromatic N) is 2. The van der Waals surface area contributed by atoms with E-state index in [1.165, 1.54) is 38.5 Å². The molecular weight excluding hydrogens is 200 g/mol. The minimum atomic E-state index is 0.626. The molecular formula is C12H20N4. The predicted molar refractivity (Wildman–Crippen MR) is 62.3 cm³/mol. The first-order chi connectivity index (χ1) is 7.92. The van der Waals surface area contributed by atoms with Gasteiger partial charge in [0, 0.05) is 24.9 Å². The molecule has 2 aliphatic rings. The molecule has 0 saturated heterocycles. The number of nitrogens with one attached hydrogen (secondary N) is 2. The molecule has 2 aliphatic carbocycles. The maximum Gasteiger partial charge on any atom is 0.153 e. The van der Waals surface area contributed by atoms with Gasteiger partial charge in [-0.15, -0.1) is 0 Å². The van der Waals surface area contributed by atoms with Crippen LogP contribution in [0.2, 0.25) is 0 Å². The summed E-state index contributed by atoms with van der Waals surface area (Å²) in [6.07, 6.45) is 8.93. The Morgan fingerprint density at radius 1 is 1.19 bits per heavy atom. The average molecular weight is 220 g/mol. The number of aromatic amines is 1. The van der Waals surface area contributed by atoms with Crippen LogP contribution >= 0.6 is 0 Å². The lowest BCUT2D eigenvalue weighted by atomic mass is 10.1. The van der Waals surface area contributed by atoms with Crippen molar-refractivity contribution in [1.82, 2.24) is 20.5 Å². The molecule has 0 radical (unpaired) electrons. The maximum absolute atomic E-state index is 4.60. The Morgan fingerprint density at radius 3 is 2.75 bits per heavy atom. The first kappa shape index (κ1) is 10.3. The fourth-order valence-electron chi connectivity index (χ4n) is 2.47. The van der Waals surface area contributed by atoms with Crippen molar-refractivity contribution in [2.24, 2.45) is 0 Å². The van der Waals surface area contributed by atoms with Gasteiger partial charge in [0.05, 0.1) is 0 Å². The molecule has 0 amide bonds. The standard InChI is InChI=1S/C12H20N4/c1-2-4-9(3-1)12-14-11(15-16-12)7-8-13-10-5-6-10/h9-10,13H,1-8H2,(H,14,15,16). The first-order valence-electron chi connectivity index (χ1n) is 6.56. The topological polar surface area (TPSA) is 53.6 Å². The lowest BCUT2D eigenvalue weighted by Gasteiger charge is -2.01. The van der Waals surface area contributed by atoms with Gasteiger partial charge in [0.2, 0.25) is 0 Å². The van der Waals surface area contributed by atoms with Gasteiger partial charge in [-0.05, 0) is 25.7 Å². The second-order valence-corrected chi connectivity index (χ2v) is 5.10. The molecule has 2 N–H and O–H groups in total. The van der Waals surface area contributed by atoms with E-state index in [2.05, 4.69) is 20.5 Å². The maximum atomic E-state index is 4.60. The Morgan fingerprint density at radius 2 is 2.00 bits per heavy atom. The number of rotatable bonds is 5. The van der Waals surface area contributed by atoms with Crippen molar-refractivity contribution < 1.29 is 0 Å². The molecule has 88 valence electrons. The number of hydrogen-bond donors (Lipinski definition) is 2. The SMILES string of the molecule is C1CCC(c2n[nH]c(CCNC3CC3)n2)C1. The summed E-state index contributed by atoms with van der Waals surface area (Å²) in [6.45, 7) is 1.03. The van der Waals surface area contributed by atoms with Gasteiger partial charge in [-0.25, -0.2) is 4.98 Å². The van der Waals surface area contributed by atoms with Gasteiger partial charge >= 0.3 is 0 Å². The first-order valence-corrected chi connectivity index (χ1v) is 6.56. The third-order valence-corrected chi connectivity index (χ3v) is 3.64. The molecule has 1 heterocycles. The van der Waals surface area contributed by atoms with Crippen molar-refractivity contribution in [3.8, 4) is 0 Å². The molecule has 2 fully saturated rings. The van der Waals surface area contributed by atoms with Crippen LogP contribution in [0.1, 0.15) is 56.1 Å². The van der Waals surface area contributed by atoms with E-state index in [0.29, 0.717) is 5.92 Å². The molecule has 4 heteroatoms. The molecule has 1 aromatic rings. The fourth-order valence-corrected chi connectivity index (χ4v) is 2.47. The highest BCUT2D eigenvalue weighted by Crippen LogP contribution is 2.31. The molecule has 0 bridgehead atoms. The van der Waals surface area contributed by atoms with E-state index in [4.69, 9.17) is 0 Å². The highest BCUT2D eigenvalue weighted by Gasteiger charge is 2.22. The normalized spacial score (nSPS) is 21.8. The lowest BCUT2D eigenvalue weighted by Crippen LogP contribution is -2.19. The van der Waals surface area contributed by atoms with Crippen LogP contribution in [-0.4, -0.2) is 27.8 Å². The summed E-state index contributed by atoms with van der Waals surface area (Å²) in [5, 5.41) is 10.9. The Balaban J connectivity index is 1.50. The highest BCUT2D eigenvalue weighted by atomic mass is 15.2. The van der Waals surface area contributed by atoms with Gasteiger partial charge in [-0.2, -0.15) is 5.10 Å². The van der Waals surface area contributed by atoms with E-state index >= 15 is 0 Å². The summed E-state index contributed by atoms with van der Waals surface area (Å²) in [5.74, 6) is 2.73. The van der Waals surface area contributed by atoms with E-state index < -0.39 is 0 Å². The Hall–Kier alpha value is -0.900. The van der Waals surface area contributed by atoms with Crippen molar-refractivity contribution in [2.45, 2.75) is 56.9 Å². The second-order valence-electron chi connectivity index (χ2n) is 5.10. The van der Waals surface area contributed by atoms with Crippen LogP contribution in [0.25, 0.3) is 0 Å². The van der Waals surface area contributed by atoms with Crippen molar-refractivity contribution in [3.63, 3.8) is 0 Å². The molecule has 0 spiro atoms. The Kier molecular flexibility index (Phi) is 2.91. The van der Waals surface area contributed by atoms with Crippen molar-refractivity contribution in [1.29, 1.82) is 0 Å². The van der Waals surface area contributed by atoms with Gasteiger partial charge in [-0.1, -0.05) is 12.8 Å². The van der Waals surface area contributed by atoms with Gasteiger partial charge in [-0.3, -0.25) is 5.10 Å². The number of H-pyrrole nitrogens is 1. The summed E-state index contributed by atoms with van der Waals surface area (Å²) in [5.41, 5.74) is 0. The molecule has 0 aromatic carbocycles. The molecule has 2 saturated carbocycles. The van der Waals surface area contributed by atoms with Crippen molar-refractivity contribution >= 4 is 0 Å². The van der Waals surface area contributed by atoms with E-state index in [9.17, 15) is 0 Å². The van der Waals surface area contributed by atoms with Crippen LogP contribution in [0.5, 0.6) is 0 Å². The van der Waals surface area contributed by atoms with Crippen LogP contribution in [0.15, 0.2) is 0 Å². The predicted octanol–water partition coefficient (Wildman–Crippen LogP) is 1.76. The summed E-state index contributed by atoms with van der Waals surface area (Å²) in [7, 11) is 0. The molecule has 0 aliphatic heterocycles. The van der Waals surface area contributed by atoms with Gasteiger partial charge in [0.15, 0.2) is 5.82 Å². The third-order valence-electron chi connectivity index (χ3n) is 3.64. The highest BCUT2D eigenvalue weighted by molar-refractivity contribution is 5.00. The smallest absolute Gasteiger partial charge is 0.153 e. The number of aromatic nitrogens is 3. The Labute approximate surface area is 96.2 Å². The Bertz CT molecular complexity index is 337. The summed E-state index contributed by atoms with van der Waals surface area (Å²) in [6, 6.07) is 0.789. The summed E-state index contributed by atoms with van der Waals surface area (Å²) < 4.78 is 0. The number of hydrogen-bond acceptors (Lipinski definition) is 3. The lowest BCUT2D eigenvalue weighted by molar-refractivity contribution is 0.661. The van der Waals surface area contributed by atoms with Crippen molar-refractivity contribution in [2.75, 3.05) is 6.54 Å². The quantitative estimate of drug-likeness (QED) is 0.795. The van der Waals surface area contributed by atoms with Crippen LogP contribution < -0.4 is 5.32 Å². The second kappa shape index (κ2) is 4.53. The van der Waals surface area contributed by atoms with E-state index in [1.807, 2.05) is 0 Å². The van der Waals surface area contributed by atoms with E-state index in [-0.39, 0.29) is 0 Å².